The zero-order valence-electron chi connectivity index (χ0n) is 16.7. The summed E-state index contributed by atoms with van der Waals surface area (Å²) in [5, 5.41) is 4.80. The van der Waals surface area contributed by atoms with Gasteiger partial charge < -0.3 is 15.1 Å². The van der Waals surface area contributed by atoms with Crippen molar-refractivity contribution in [3.05, 3.63) is 72.8 Å². The predicted molar refractivity (Wildman–Crippen MR) is 117 cm³/mol. The highest BCUT2D eigenvalue weighted by molar-refractivity contribution is 6.07. The van der Waals surface area contributed by atoms with E-state index >= 15 is 0 Å². The van der Waals surface area contributed by atoms with Gasteiger partial charge >= 0.3 is 0 Å². The van der Waals surface area contributed by atoms with Crippen LogP contribution >= 0.6 is 0 Å². The van der Waals surface area contributed by atoms with Crippen LogP contribution in [0.5, 0.6) is 0 Å². The molecule has 1 unspecified atom stereocenters. The summed E-state index contributed by atoms with van der Waals surface area (Å²) in [5.41, 5.74) is 1.50. The molecule has 3 amide bonds. The molecular formula is C24H23N3O3. The first-order valence-electron chi connectivity index (χ1n) is 9.91. The topological polar surface area (TPSA) is 69.7 Å². The van der Waals surface area contributed by atoms with Crippen LogP contribution in [-0.2, 0) is 14.4 Å². The number of anilines is 2. The zero-order valence-corrected chi connectivity index (χ0v) is 16.7. The molecule has 1 saturated heterocycles. The summed E-state index contributed by atoms with van der Waals surface area (Å²) in [6, 6.07) is 22.8. The molecule has 1 aliphatic heterocycles. The number of fused-ring (bicyclic) bond motifs is 1. The van der Waals surface area contributed by atoms with Gasteiger partial charge in [0.15, 0.2) is 0 Å². The van der Waals surface area contributed by atoms with Gasteiger partial charge in [-0.25, -0.2) is 0 Å². The van der Waals surface area contributed by atoms with Gasteiger partial charge in [0.2, 0.25) is 17.7 Å². The van der Waals surface area contributed by atoms with Crippen LogP contribution in [0.1, 0.15) is 6.42 Å². The van der Waals surface area contributed by atoms with Crippen LogP contribution in [0.3, 0.4) is 0 Å². The van der Waals surface area contributed by atoms with E-state index in [1.807, 2.05) is 60.7 Å². The number of likely N-dealkylation sites (N-methyl/N-ethyl adjacent to an activating group) is 1. The lowest BCUT2D eigenvalue weighted by molar-refractivity contribution is -0.137. The van der Waals surface area contributed by atoms with Crippen molar-refractivity contribution in [1.29, 1.82) is 0 Å². The molecule has 0 bridgehead atoms. The number of rotatable bonds is 5. The summed E-state index contributed by atoms with van der Waals surface area (Å²) < 4.78 is 0. The van der Waals surface area contributed by atoms with E-state index in [1.54, 1.807) is 24.1 Å². The van der Waals surface area contributed by atoms with E-state index in [9.17, 15) is 14.4 Å². The second-order valence-corrected chi connectivity index (χ2v) is 7.51. The minimum atomic E-state index is -0.467. The molecule has 30 heavy (non-hydrogen) atoms. The van der Waals surface area contributed by atoms with Crippen molar-refractivity contribution in [2.45, 2.75) is 6.42 Å². The fourth-order valence-electron chi connectivity index (χ4n) is 3.88. The molecule has 3 aromatic carbocycles. The number of hydrogen-bond donors (Lipinski definition) is 1. The van der Waals surface area contributed by atoms with Gasteiger partial charge in [0.05, 0.1) is 18.2 Å². The van der Waals surface area contributed by atoms with E-state index in [0.717, 1.165) is 16.5 Å². The molecule has 0 radical (unpaired) electrons. The molecule has 6 heteroatoms. The van der Waals surface area contributed by atoms with E-state index in [1.165, 1.54) is 4.90 Å². The van der Waals surface area contributed by atoms with Gasteiger partial charge in [0.25, 0.3) is 0 Å². The number of carbonyl (C=O) groups excluding carboxylic acids is 3. The molecule has 0 spiro atoms. The number of para-hydroxylation sites is 1. The maximum Gasteiger partial charge on any atom is 0.243 e. The number of hydrogen-bond acceptors (Lipinski definition) is 3. The Morgan fingerprint density at radius 2 is 1.70 bits per heavy atom. The summed E-state index contributed by atoms with van der Waals surface area (Å²) in [4.78, 5) is 40.9. The molecule has 152 valence electrons. The van der Waals surface area contributed by atoms with Crippen molar-refractivity contribution in [2.24, 2.45) is 5.92 Å². The van der Waals surface area contributed by atoms with Crippen molar-refractivity contribution < 1.29 is 14.4 Å². The summed E-state index contributed by atoms with van der Waals surface area (Å²) in [5.74, 6) is -1.01. The average Bonchev–Trinajstić information content (AvgIpc) is 3.14. The van der Waals surface area contributed by atoms with E-state index in [2.05, 4.69) is 5.32 Å². The van der Waals surface area contributed by atoms with Crippen molar-refractivity contribution in [2.75, 3.05) is 30.4 Å². The third-order valence-electron chi connectivity index (χ3n) is 5.35. The lowest BCUT2D eigenvalue weighted by atomic mass is 10.1. The molecule has 1 N–H and O–H groups in total. The first-order valence-corrected chi connectivity index (χ1v) is 9.91. The van der Waals surface area contributed by atoms with Crippen LogP contribution in [0.15, 0.2) is 72.8 Å². The first-order chi connectivity index (χ1) is 14.5. The molecule has 1 fully saturated rings. The smallest absolute Gasteiger partial charge is 0.243 e. The van der Waals surface area contributed by atoms with E-state index in [4.69, 9.17) is 0 Å². The van der Waals surface area contributed by atoms with Gasteiger partial charge in [-0.15, -0.1) is 0 Å². The number of carbonyl (C=O) groups is 3. The minimum absolute atomic E-state index is 0.0628. The number of nitrogens with zero attached hydrogens (tertiary/aromatic N) is 2. The minimum Gasteiger partial charge on any atom is -0.336 e. The maximum absolute atomic E-state index is 12.9. The van der Waals surface area contributed by atoms with Crippen LogP contribution in [0.25, 0.3) is 10.8 Å². The van der Waals surface area contributed by atoms with Crippen LogP contribution in [0.4, 0.5) is 11.4 Å². The monoisotopic (exact) mass is 401 g/mol. The van der Waals surface area contributed by atoms with Gasteiger partial charge in [0, 0.05) is 31.1 Å². The maximum atomic E-state index is 12.9. The standard InChI is InChI=1S/C24H23N3O3/c1-26(16-22(28)25-19-10-3-2-4-11-19)24(30)18-14-23(29)27(15-18)21-13-7-9-17-8-5-6-12-20(17)21/h2-13,18H,14-16H2,1H3,(H,25,28). The Morgan fingerprint density at radius 3 is 2.50 bits per heavy atom. The SMILES string of the molecule is CN(CC(=O)Nc1ccccc1)C(=O)C1CC(=O)N(c2cccc3ccccc23)C1. The third-order valence-corrected chi connectivity index (χ3v) is 5.35. The molecule has 4 rings (SSSR count). The number of benzene rings is 3. The molecule has 0 aromatic heterocycles. The van der Waals surface area contributed by atoms with Gasteiger partial charge in [-0.2, -0.15) is 0 Å². The molecule has 1 atom stereocenters. The van der Waals surface area contributed by atoms with Crippen LogP contribution in [-0.4, -0.2) is 42.8 Å². The predicted octanol–water partition coefficient (Wildman–Crippen LogP) is 3.29. The van der Waals surface area contributed by atoms with Gasteiger partial charge in [-0.3, -0.25) is 14.4 Å². The molecule has 3 aromatic rings. The van der Waals surface area contributed by atoms with E-state index < -0.39 is 5.92 Å². The quantitative estimate of drug-likeness (QED) is 0.713. The second kappa shape index (κ2) is 8.37. The highest BCUT2D eigenvalue weighted by atomic mass is 16.2. The van der Waals surface area contributed by atoms with Gasteiger partial charge in [-0.05, 0) is 23.6 Å². The van der Waals surface area contributed by atoms with Crippen molar-refractivity contribution in [3.63, 3.8) is 0 Å². The molecule has 6 nitrogen and oxygen atoms in total. The Kier molecular flexibility index (Phi) is 5.48. The molecule has 1 heterocycles. The summed E-state index contributed by atoms with van der Waals surface area (Å²) in [6.45, 7) is 0.253. The Hall–Kier alpha value is -3.67. The van der Waals surface area contributed by atoms with Crippen molar-refractivity contribution in [1.82, 2.24) is 4.90 Å². The van der Waals surface area contributed by atoms with Gasteiger partial charge in [-0.1, -0.05) is 54.6 Å². The fraction of sp³-hybridized carbons (Fsp3) is 0.208. The fourth-order valence-corrected chi connectivity index (χ4v) is 3.88. The summed E-state index contributed by atoms with van der Waals surface area (Å²) in [7, 11) is 1.60. The zero-order chi connectivity index (χ0) is 21.1. The highest BCUT2D eigenvalue weighted by Gasteiger charge is 2.37. The highest BCUT2D eigenvalue weighted by Crippen LogP contribution is 2.32. The summed E-state index contributed by atoms with van der Waals surface area (Å²) >= 11 is 0. The molecular weight excluding hydrogens is 378 g/mol. The molecule has 0 aliphatic carbocycles. The Labute approximate surface area is 175 Å². The molecule has 0 saturated carbocycles. The van der Waals surface area contributed by atoms with E-state index in [-0.39, 0.29) is 30.7 Å². The van der Waals surface area contributed by atoms with Crippen LogP contribution < -0.4 is 10.2 Å². The lowest BCUT2D eigenvalue weighted by Gasteiger charge is -2.22. The largest absolute Gasteiger partial charge is 0.336 e. The number of amides is 3. The van der Waals surface area contributed by atoms with E-state index in [0.29, 0.717) is 12.2 Å². The normalized spacial score (nSPS) is 16.0. The van der Waals surface area contributed by atoms with Crippen molar-refractivity contribution >= 4 is 39.9 Å². The third kappa shape index (κ3) is 4.03. The lowest BCUT2D eigenvalue weighted by Crippen LogP contribution is -2.39. The molecule has 1 aliphatic rings. The number of nitrogens with one attached hydrogen (secondary N) is 1. The van der Waals surface area contributed by atoms with Crippen LogP contribution in [0.2, 0.25) is 0 Å². The Balaban J connectivity index is 1.43. The average molecular weight is 401 g/mol. The second-order valence-electron chi connectivity index (χ2n) is 7.51. The summed E-state index contributed by atoms with van der Waals surface area (Å²) in [6.07, 6.45) is 0.146. The van der Waals surface area contributed by atoms with Gasteiger partial charge in [0.1, 0.15) is 0 Å². The van der Waals surface area contributed by atoms with Crippen LogP contribution in [0, 0.1) is 5.92 Å². The van der Waals surface area contributed by atoms with Crippen molar-refractivity contribution in [3.8, 4) is 0 Å². The Bertz CT molecular complexity index is 1090. The first kappa shape index (κ1) is 19.6. The Morgan fingerprint density at radius 1 is 1.00 bits per heavy atom.